The summed E-state index contributed by atoms with van der Waals surface area (Å²) in [4.78, 5) is 23.6. The van der Waals surface area contributed by atoms with Crippen molar-refractivity contribution >= 4 is 12.1 Å². The Bertz CT molecular complexity index is 785. The van der Waals surface area contributed by atoms with Crippen molar-refractivity contribution in [3.63, 3.8) is 0 Å². The number of unbranched alkanes of at least 4 members (excludes halogenated alkanes) is 5. The number of amides is 1. The van der Waals surface area contributed by atoms with Crippen LogP contribution in [0.2, 0.25) is 0 Å². The zero-order valence-corrected chi connectivity index (χ0v) is 23.3. The van der Waals surface area contributed by atoms with Crippen LogP contribution in [0.15, 0.2) is 12.7 Å². The standard InChI is InChI=1S/C26H45NO14/c1-3-11-38-26(35)27-18-23(41-25-22(34)21(33)19(31)15(13-28)40-25)20(32)16(14-29)39-24(18)37-12-9-7-5-4-6-8-10-17(30)36-2/h3,15-16,18-25,28-29,31-34H,1,4-14H2,2H3,(H,27,35)/t15?,16?,18?,19-,20+,21?,22?,23?,24-,25?/m1/s1. The highest BCUT2D eigenvalue weighted by Gasteiger charge is 2.51. The zero-order valence-electron chi connectivity index (χ0n) is 23.3. The van der Waals surface area contributed by atoms with Gasteiger partial charge in [-0.2, -0.15) is 0 Å². The van der Waals surface area contributed by atoms with Gasteiger partial charge in [-0.05, 0) is 12.8 Å². The highest BCUT2D eigenvalue weighted by atomic mass is 16.7. The fourth-order valence-corrected chi connectivity index (χ4v) is 4.55. The number of carbonyl (C=O) groups excluding carboxylic acids is 2. The summed E-state index contributed by atoms with van der Waals surface area (Å²) in [5.41, 5.74) is 0. The van der Waals surface area contributed by atoms with Crippen molar-refractivity contribution < 1.29 is 68.6 Å². The van der Waals surface area contributed by atoms with Crippen LogP contribution in [0.1, 0.15) is 44.9 Å². The van der Waals surface area contributed by atoms with Gasteiger partial charge in [-0.3, -0.25) is 4.79 Å². The molecule has 0 bridgehead atoms. The molecule has 2 saturated heterocycles. The number of methoxy groups -OCH3 is 1. The average Bonchev–Trinajstić information content (AvgIpc) is 2.97. The summed E-state index contributed by atoms with van der Waals surface area (Å²) < 4.78 is 32.4. The molecule has 0 aliphatic carbocycles. The topological polar surface area (TPSA) is 223 Å². The highest BCUT2D eigenvalue weighted by Crippen LogP contribution is 2.30. The van der Waals surface area contributed by atoms with Crippen LogP contribution in [-0.2, 0) is 33.2 Å². The molecule has 7 N–H and O–H groups in total. The molecule has 7 unspecified atom stereocenters. The first-order valence-corrected chi connectivity index (χ1v) is 13.8. The fraction of sp³-hybridized carbons (Fsp3) is 0.846. The number of hydrogen-bond donors (Lipinski definition) is 7. The van der Waals surface area contributed by atoms with Crippen LogP contribution < -0.4 is 5.32 Å². The summed E-state index contributed by atoms with van der Waals surface area (Å²) in [6.45, 7) is 2.20. The molecule has 10 atom stereocenters. The highest BCUT2D eigenvalue weighted by molar-refractivity contribution is 5.69. The summed E-state index contributed by atoms with van der Waals surface area (Å²) in [6, 6.07) is -1.24. The van der Waals surface area contributed by atoms with Crippen LogP contribution in [0.5, 0.6) is 0 Å². The average molecular weight is 596 g/mol. The Morgan fingerprint density at radius 1 is 0.854 bits per heavy atom. The smallest absolute Gasteiger partial charge is 0.407 e. The van der Waals surface area contributed by atoms with Crippen molar-refractivity contribution in [2.45, 2.75) is 106 Å². The number of ether oxygens (including phenoxy) is 6. The number of carbonyl (C=O) groups is 2. The molecule has 0 aromatic carbocycles. The maximum absolute atomic E-state index is 12.4. The molecule has 41 heavy (non-hydrogen) atoms. The first-order chi connectivity index (χ1) is 19.7. The SMILES string of the molecule is C=CCOC(=O)NC1C(OC2OC(CO)[C@@H](O)C(O)C2O)[C@@H](O)C(CO)O[C@H]1OCCCCCCCCC(=O)OC. The van der Waals surface area contributed by atoms with Gasteiger partial charge in [0, 0.05) is 13.0 Å². The maximum atomic E-state index is 12.4. The lowest BCUT2D eigenvalue weighted by molar-refractivity contribution is -0.344. The van der Waals surface area contributed by atoms with Gasteiger partial charge in [0.25, 0.3) is 0 Å². The summed E-state index contributed by atoms with van der Waals surface area (Å²) in [6.07, 6.45) is -7.84. The molecule has 2 aliphatic rings. The molecule has 2 heterocycles. The predicted molar refractivity (Wildman–Crippen MR) is 139 cm³/mol. The van der Waals surface area contributed by atoms with Gasteiger partial charge in [0.05, 0.1) is 20.3 Å². The van der Waals surface area contributed by atoms with E-state index in [0.717, 1.165) is 32.1 Å². The Morgan fingerprint density at radius 2 is 1.46 bits per heavy atom. The normalized spacial score (nSPS) is 33.6. The van der Waals surface area contributed by atoms with Gasteiger partial charge in [0.1, 0.15) is 55.4 Å². The summed E-state index contributed by atoms with van der Waals surface area (Å²) in [5.74, 6) is -0.234. The number of rotatable bonds is 17. The zero-order chi connectivity index (χ0) is 30.4. The largest absolute Gasteiger partial charge is 0.469 e. The number of nitrogens with one attached hydrogen (secondary N) is 1. The molecule has 0 radical (unpaired) electrons. The lowest BCUT2D eigenvalue weighted by Gasteiger charge is -2.47. The lowest BCUT2D eigenvalue weighted by atomic mass is 9.95. The van der Waals surface area contributed by atoms with Gasteiger partial charge in [-0.25, -0.2) is 4.79 Å². The molecule has 0 aromatic heterocycles. The summed E-state index contributed by atoms with van der Waals surface area (Å²) >= 11 is 0. The van der Waals surface area contributed by atoms with Crippen LogP contribution >= 0.6 is 0 Å². The lowest BCUT2D eigenvalue weighted by Crippen LogP contribution is -2.68. The molecule has 0 spiro atoms. The molecule has 238 valence electrons. The second kappa shape index (κ2) is 18.6. The molecule has 2 rings (SSSR count). The van der Waals surface area contributed by atoms with Gasteiger partial charge in [-0.1, -0.05) is 38.3 Å². The van der Waals surface area contributed by atoms with E-state index in [4.69, 9.17) is 23.7 Å². The van der Waals surface area contributed by atoms with Crippen molar-refractivity contribution in [3.05, 3.63) is 12.7 Å². The Hall–Kier alpha value is -1.92. The predicted octanol–water partition coefficient (Wildman–Crippen LogP) is -1.55. The number of aliphatic hydroxyl groups is 6. The minimum absolute atomic E-state index is 0.120. The molecule has 0 aromatic rings. The molecule has 15 heteroatoms. The fourth-order valence-electron chi connectivity index (χ4n) is 4.55. The monoisotopic (exact) mass is 595 g/mol. The Labute approximate surface area is 238 Å². The Kier molecular flexibility index (Phi) is 16.0. The molecule has 2 fully saturated rings. The molecule has 0 saturated carbocycles. The summed E-state index contributed by atoms with van der Waals surface area (Å²) in [7, 11) is 1.36. The maximum Gasteiger partial charge on any atom is 0.407 e. The van der Waals surface area contributed by atoms with E-state index in [1.807, 2.05) is 0 Å². The van der Waals surface area contributed by atoms with E-state index >= 15 is 0 Å². The molecular weight excluding hydrogens is 550 g/mol. The van der Waals surface area contributed by atoms with E-state index in [2.05, 4.69) is 16.6 Å². The van der Waals surface area contributed by atoms with Gasteiger partial charge in [0.15, 0.2) is 12.6 Å². The first-order valence-electron chi connectivity index (χ1n) is 13.8. The quantitative estimate of drug-likeness (QED) is 0.0575. The van der Waals surface area contributed by atoms with E-state index in [-0.39, 0.29) is 19.2 Å². The van der Waals surface area contributed by atoms with Crippen molar-refractivity contribution in [2.75, 3.05) is 33.5 Å². The van der Waals surface area contributed by atoms with Crippen molar-refractivity contribution in [2.24, 2.45) is 0 Å². The Balaban J connectivity index is 2.06. The first kappa shape index (κ1) is 35.3. The van der Waals surface area contributed by atoms with Crippen LogP contribution in [0.3, 0.4) is 0 Å². The number of esters is 1. The van der Waals surface area contributed by atoms with Crippen LogP contribution in [-0.4, -0.2) is 138 Å². The minimum atomic E-state index is -1.78. The van der Waals surface area contributed by atoms with Gasteiger partial charge >= 0.3 is 12.1 Å². The number of aliphatic hydroxyl groups excluding tert-OH is 6. The minimum Gasteiger partial charge on any atom is -0.469 e. The number of hydrogen-bond acceptors (Lipinski definition) is 14. The van der Waals surface area contributed by atoms with Crippen molar-refractivity contribution in [1.82, 2.24) is 5.32 Å². The molecule has 15 nitrogen and oxygen atoms in total. The van der Waals surface area contributed by atoms with Crippen LogP contribution in [0, 0.1) is 0 Å². The van der Waals surface area contributed by atoms with E-state index in [1.54, 1.807) is 0 Å². The van der Waals surface area contributed by atoms with E-state index in [9.17, 15) is 40.2 Å². The third kappa shape index (κ3) is 10.7. The molecule has 2 aliphatic heterocycles. The van der Waals surface area contributed by atoms with E-state index in [0.29, 0.717) is 12.8 Å². The Morgan fingerprint density at radius 3 is 2.10 bits per heavy atom. The van der Waals surface area contributed by atoms with E-state index < -0.39 is 80.7 Å². The second-order valence-electron chi connectivity index (χ2n) is 9.89. The van der Waals surface area contributed by atoms with Crippen LogP contribution in [0.4, 0.5) is 4.79 Å². The van der Waals surface area contributed by atoms with E-state index in [1.165, 1.54) is 13.2 Å². The van der Waals surface area contributed by atoms with Crippen molar-refractivity contribution in [1.29, 1.82) is 0 Å². The summed E-state index contributed by atoms with van der Waals surface area (Å²) in [5, 5.41) is 63.4. The number of alkyl carbamates (subject to hydrolysis) is 1. The second-order valence-corrected chi connectivity index (χ2v) is 9.89. The third-order valence-corrected chi connectivity index (χ3v) is 6.90. The van der Waals surface area contributed by atoms with Gasteiger partial charge in [0.2, 0.25) is 0 Å². The van der Waals surface area contributed by atoms with Gasteiger partial charge < -0.3 is 64.4 Å². The van der Waals surface area contributed by atoms with Crippen LogP contribution in [0.25, 0.3) is 0 Å². The third-order valence-electron chi connectivity index (χ3n) is 6.90. The molecular formula is C26H45NO14. The molecule has 1 amide bonds. The van der Waals surface area contributed by atoms with Crippen molar-refractivity contribution in [3.8, 4) is 0 Å². The van der Waals surface area contributed by atoms with Gasteiger partial charge in [-0.15, -0.1) is 0 Å².